The van der Waals surface area contributed by atoms with Crippen molar-refractivity contribution < 1.29 is 22.7 Å². The highest BCUT2D eigenvalue weighted by Crippen LogP contribution is 2.17. The average molecular weight is 315 g/mol. The lowest BCUT2D eigenvalue weighted by atomic mass is 10.2. The molecule has 0 unspecified atom stereocenters. The van der Waals surface area contributed by atoms with Crippen LogP contribution in [0.3, 0.4) is 0 Å². The maximum absolute atomic E-state index is 11.9. The van der Waals surface area contributed by atoms with E-state index in [2.05, 4.69) is 10.1 Å². The molecule has 0 spiro atoms. The molecule has 0 saturated heterocycles. The fraction of sp³-hybridized carbons (Fsp3) is 0.214. The summed E-state index contributed by atoms with van der Waals surface area (Å²) in [6, 6.07) is 9.95. The normalized spacial score (nSPS) is 11.4. The molecule has 0 bridgehead atoms. The summed E-state index contributed by atoms with van der Waals surface area (Å²) in [4.78, 5) is 12.4. The predicted molar refractivity (Wildman–Crippen MR) is 74.4 cm³/mol. The first-order chi connectivity index (χ1) is 9.94. The van der Waals surface area contributed by atoms with E-state index in [4.69, 9.17) is 0 Å². The lowest BCUT2D eigenvalue weighted by molar-refractivity contribution is -0.176. The Balaban J connectivity index is 1.86. The Hall–Kier alpha value is -1.86. The zero-order valence-electron chi connectivity index (χ0n) is 10.8. The molecule has 21 heavy (non-hydrogen) atoms. The summed E-state index contributed by atoms with van der Waals surface area (Å²) in [5.41, 5.74) is 1.18. The minimum Gasteiger partial charge on any atom is -0.367 e. The van der Waals surface area contributed by atoms with Gasteiger partial charge >= 0.3 is 6.18 Å². The highest BCUT2D eigenvalue weighted by Gasteiger charge is 2.27. The molecule has 0 aliphatic carbocycles. The second-order valence-corrected chi connectivity index (χ2v) is 5.18. The number of amides is 1. The van der Waals surface area contributed by atoms with E-state index in [1.54, 1.807) is 41.8 Å². The molecule has 1 heterocycles. The fourth-order valence-corrected chi connectivity index (χ4v) is 2.19. The van der Waals surface area contributed by atoms with Crippen molar-refractivity contribution in [2.75, 3.05) is 11.9 Å². The van der Waals surface area contributed by atoms with Crippen LogP contribution in [-0.2, 0) is 11.3 Å². The van der Waals surface area contributed by atoms with Crippen LogP contribution >= 0.6 is 11.3 Å². The zero-order valence-corrected chi connectivity index (χ0v) is 11.6. The number of alkyl halides is 3. The Bertz CT molecular complexity index is 579. The molecule has 0 aliphatic heterocycles. The molecule has 1 aromatic heterocycles. The number of nitrogens with one attached hydrogen (secondary N) is 1. The molecule has 2 rings (SSSR count). The van der Waals surface area contributed by atoms with Crippen molar-refractivity contribution in [2.45, 2.75) is 12.8 Å². The summed E-state index contributed by atoms with van der Waals surface area (Å²) < 4.78 is 40.3. The van der Waals surface area contributed by atoms with Crippen LogP contribution in [0.5, 0.6) is 0 Å². The van der Waals surface area contributed by atoms with E-state index in [-0.39, 0.29) is 12.5 Å². The van der Waals surface area contributed by atoms with Gasteiger partial charge in [-0.25, -0.2) is 0 Å². The molecule has 112 valence electrons. The number of thiophene rings is 1. The van der Waals surface area contributed by atoms with E-state index in [0.29, 0.717) is 16.1 Å². The van der Waals surface area contributed by atoms with Gasteiger partial charge < -0.3 is 10.1 Å². The van der Waals surface area contributed by atoms with Crippen LogP contribution in [0, 0.1) is 0 Å². The van der Waals surface area contributed by atoms with Gasteiger partial charge in [-0.15, -0.1) is 11.3 Å². The van der Waals surface area contributed by atoms with Crippen molar-refractivity contribution in [3.8, 4) is 0 Å². The number of rotatable bonds is 5. The van der Waals surface area contributed by atoms with Crippen LogP contribution in [0.15, 0.2) is 41.8 Å². The van der Waals surface area contributed by atoms with Crippen molar-refractivity contribution in [3.63, 3.8) is 0 Å². The number of carbonyl (C=O) groups is 1. The van der Waals surface area contributed by atoms with Crippen LogP contribution in [0.1, 0.15) is 15.2 Å². The van der Waals surface area contributed by atoms with Gasteiger partial charge in [-0.05, 0) is 29.1 Å². The topological polar surface area (TPSA) is 38.3 Å². The average Bonchev–Trinajstić information content (AvgIpc) is 2.93. The van der Waals surface area contributed by atoms with Crippen LogP contribution in [0.4, 0.5) is 18.9 Å². The van der Waals surface area contributed by atoms with Gasteiger partial charge in [0.15, 0.2) is 0 Å². The van der Waals surface area contributed by atoms with Gasteiger partial charge in [0.25, 0.3) is 5.91 Å². The fourth-order valence-electron chi connectivity index (χ4n) is 1.57. The Morgan fingerprint density at radius 1 is 1.19 bits per heavy atom. The SMILES string of the molecule is O=C(Nc1ccc(COCC(F)(F)F)cc1)c1cccs1. The molecule has 2 aromatic rings. The van der Waals surface area contributed by atoms with Crippen LogP contribution < -0.4 is 5.32 Å². The Labute approximate surface area is 123 Å². The van der Waals surface area contributed by atoms with Crippen molar-refractivity contribution in [1.29, 1.82) is 0 Å². The number of hydrogen-bond acceptors (Lipinski definition) is 3. The number of halogens is 3. The molecule has 0 aliphatic rings. The molecule has 0 atom stereocenters. The minimum absolute atomic E-state index is 0.126. The minimum atomic E-state index is -4.32. The number of ether oxygens (including phenoxy) is 1. The van der Waals surface area contributed by atoms with E-state index in [0.717, 1.165) is 0 Å². The summed E-state index contributed by atoms with van der Waals surface area (Å²) in [6.07, 6.45) is -4.32. The van der Waals surface area contributed by atoms with Gasteiger partial charge in [0.2, 0.25) is 0 Å². The van der Waals surface area contributed by atoms with Gasteiger partial charge in [-0.3, -0.25) is 4.79 Å². The van der Waals surface area contributed by atoms with E-state index in [9.17, 15) is 18.0 Å². The highest BCUT2D eigenvalue weighted by atomic mass is 32.1. The third kappa shape index (κ3) is 5.20. The predicted octanol–water partition coefficient (Wildman–Crippen LogP) is 4.08. The van der Waals surface area contributed by atoms with Crippen molar-refractivity contribution in [1.82, 2.24) is 0 Å². The third-order valence-corrected chi connectivity index (χ3v) is 3.36. The van der Waals surface area contributed by atoms with Crippen LogP contribution in [-0.4, -0.2) is 18.7 Å². The van der Waals surface area contributed by atoms with Crippen LogP contribution in [0.25, 0.3) is 0 Å². The summed E-state index contributed by atoms with van der Waals surface area (Å²) in [5, 5.41) is 4.50. The van der Waals surface area contributed by atoms with Gasteiger partial charge in [0, 0.05) is 5.69 Å². The molecular formula is C14H12F3NO2S. The van der Waals surface area contributed by atoms with Gasteiger partial charge in [0.1, 0.15) is 6.61 Å². The summed E-state index contributed by atoms with van der Waals surface area (Å²) in [7, 11) is 0. The standard InChI is InChI=1S/C14H12F3NO2S/c15-14(16,17)9-20-8-10-3-5-11(6-4-10)18-13(19)12-2-1-7-21-12/h1-7H,8-9H2,(H,18,19). The van der Waals surface area contributed by atoms with Crippen LogP contribution in [0.2, 0.25) is 0 Å². The number of benzene rings is 1. The lowest BCUT2D eigenvalue weighted by Gasteiger charge is -2.08. The van der Waals surface area contributed by atoms with Gasteiger partial charge in [-0.1, -0.05) is 18.2 Å². The first-order valence-corrected chi connectivity index (χ1v) is 6.90. The quantitative estimate of drug-likeness (QED) is 0.903. The maximum Gasteiger partial charge on any atom is 0.411 e. The summed E-state index contributed by atoms with van der Waals surface area (Å²) in [5.74, 6) is -0.217. The molecule has 1 N–H and O–H groups in total. The van der Waals surface area contributed by atoms with E-state index < -0.39 is 12.8 Å². The monoisotopic (exact) mass is 315 g/mol. The third-order valence-electron chi connectivity index (χ3n) is 2.49. The highest BCUT2D eigenvalue weighted by molar-refractivity contribution is 7.12. The Morgan fingerprint density at radius 2 is 1.90 bits per heavy atom. The summed E-state index contributed by atoms with van der Waals surface area (Å²) >= 11 is 1.33. The maximum atomic E-state index is 11.9. The zero-order chi connectivity index (χ0) is 15.3. The molecule has 3 nitrogen and oxygen atoms in total. The lowest BCUT2D eigenvalue weighted by Crippen LogP contribution is -2.16. The van der Waals surface area contributed by atoms with E-state index >= 15 is 0 Å². The smallest absolute Gasteiger partial charge is 0.367 e. The molecule has 1 aromatic carbocycles. The second-order valence-electron chi connectivity index (χ2n) is 4.24. The first-order valence-electron chi connectivity index (χ1n) is 6.02. The van der Waals surface area contributed by atoms with Crippen molar-refractivity contribution >= 4 is 22.9 Å². The first kappa shape index (κ1) is 15.5. The van der Waals surface area contributed by atoms with E-state index in [1.807, 2.05) is 0 Å². The molecule has 0 saturated carbocycles. The Kier molecular flexibility index (Phi) is 4.98. The molecule has 1 amide bonds. The number of anilines is 1. The summed E-state index contributed by atoms with van der Waals surface area (Å²) in [6.45, 7) is -1.40. The largest absolute Gasteiger partial charge is 0.411 e. The van der Waals surface area contributed by atoms with Gasteiger partial charge in [-0.2, -0.15) is 13.2 Å². The van der Waals surface area contributed by atoms with Crippen molar-refractivity contribution in [2.24, 2.45) is 0 Å². The van der Waals surface area contributed by atoms with Gasteiger partial charge in [0.05, 0.1) is 11.5 Å². The van der Waals surface area contributed by atoms with Crippen molar-refractivity contribution in [3.05, 3.63) is 52.2 Å². The molecular weight excluding hydrogens is 303 g/mol. The molecule has 0 radical (unpaired) electrons. The molecule has 7 heteroatoms. The number of hydrogen-bond donors (Lipinski definition) is 1. The van der Waals surface area contributed by atoms with E-state index in [1.165, 1.54) is 11.3 Å². The second kappa shape index (κ2) is 6.73. The number of carbonyl (C=O) groups excluding carboxylic acids is 1. The molecule has 0 fully saturated rings. The Morgan fingerprint density at radius 3 is 2.48 bits per heavy atom.